The number of ether oxygens (including phenoxy) is 1. The van der Waals surface area contributed by atoms with Crippen LogP contribution in [0.4, 0.5) is 0 Å². The number of Topliss-reactive ketones (excluding diaryl/α,β-unsaturated/α-hetero) is 1. The second-order valence-electron chi connectivity index (χ2n) is 4.40. The van der Waals surface area contributed by atoms with Crippen LogP contribution in [-0.4, -0.2) is 79.7 Å². The number of carbonyl (C=O) groups excluding carboxylic acids is 1. The average molecular weight is 393 g/mol. The molecule has 0 unspecified atom stereocenters. The topological polar surface area (TPSA) is 164 Å². The molecule has 130 valence electrons. The number of aliphatic hydroxyl groups is 5. The minimum atomic E-state index is -3.25. The van der Waals surface area contributed by atoms with E-state index in [1.54, 1.807) is 0 Å². The molecule has 5 atom stereocenters. The van der Waals surface area contributed by atoms with Gasteiger partial charge in [-0.1, -0.05) is 15.9 Å². The predicted molar refractivity (Wildman–Crippen MR) is 67.6 cm³/mol. The van der Waals surface area contributed by atoms with E-state index in [9.17, 15) is 25.2 Å². The number of hydrogen-bond acceptors (Lipinski definition) is 11. The number of halogens is 1. The Kier molecular flexibility index (Phi) is 7.22. The molecule has 0 spiro atoms. The molecule has 1 saturated heterocycles. The van der Waals surface area contributed by atoms with Crippen LogP contribution in [0.5, 0.6) is 0 Å². The molecule has 1 fully saturated rings. The van der Waals surface area contributed by atoms with Gasteiger partial charge >= 0.3 is 0 Å². The molecule has 0 aromatic rings. The third kappa shape index (κ3) is 3.63. The number of ketones is 1. The molecule has 1 aliphatic heterocycles. The van der Waals surface area contributed by atoms with Gasteiger partial charge in [-0.25, -0.2) is 4.89 Å². The lowest BCUT2D eigenvalue weighted by Gasteiger charge is -2.49. The lowest BCUT2D eigenvalue weighted by atomic mass is 9.87. The third-order valence-electron chi connectivity index (χ3n) is 2.97. The van der Waals surface area contributed by atoms with Gasteiger partial charge in [-0.15, -0.1) is 0 Å². The Hall–Kier alpha value is -0.250. The standard InChI is InChI=1S/C10H17BrO11/c1-5(13)9(16)10(17,20-22-21-18-3-2-11)8(15)7(14)6(4-12)19-9/h6-8,12,14-17H,2-4H2,1H3/t6-,7-,8+,9-,10+/m1/s1. The van der Waals surface area contributed by atoms with E-state index in [-0.39, 0.29) is 6.61 Å². The lowest BCUT2D eigenvalue weighted by molar-refractivity contribution is -0.683. The fourth-order valence-corrected chi connectivity index (χ4v) is 1.88. The Balaban J connectivity index is 2.92. The largest absolute Gasteiger partial charge is 0.394 e. The van der Waals surface area contributed by atoms with Crippen LogP contribution in [0.2, 0.25) is 0 Å². The monoisotopic (exact) mass is 392 g/mol. The maximum absolute atomic E-state index is 11.6. The van der Waals surface area contributed by atoms with E-state index in [1.165, 1.54) is 0 Å². The lowest BCUT2D eigenvalue weighted by Crippen LogP contribution is -2.76. The molecule has 0 bridgehead atoms. The van der Waals surface area contributed by atoms with Gasteiger partial charge in [-0.3, -0.25) is 4.79 Å². The fourth-order valence-electron chi connectivity index (χ4n) is 1.75. The van der Waals surface area contributed by atoms with Crippen molar-refractivity contribution >= 4 is 21.7 Å². The molecule has 12 heteroatoms. The van der Waals surface area contributed by atoms with Crippen molar-refractivity contribution in [3.8, 4) is 0 Å². The highest BCUT2D eigenvalue weighted by atomic mass is 79.9. The van der Waals surface area contributed by atoms with Crippen LogP contribution in [0.3, 0.4) is 0 Å². The Morgan fingerprint density at radius 3 is 2.45 bits per heavy atom. The van der Waals surface area contributed by atoms with Crippen LogP contribution in [0, 0.1) is 0 Å². The first-order valence-corrected chi connectivity index (χ1v) is 7.17. The fraction of sp³-hybridized carbons (Fsp3) is 0.900. The smallest absolute Gasteiger partial charge is 0.293 e. The van der Waals surface area contributed by atoms with Crippen molar-refractivity contribution in [2.75, 3.05) is 18.5 Å². The maximum Gasteiger partial charge on any atom is 0.293 e. The number of rotatable bonds is 8. The van der Waals surface area contributed by atoms with E-state index in [4.69, 9.17) is 9.84 Å². The van der Waals surface area contributed by atoms with E-state index < -0.39 is 42.3 Å². The zero-order valence-electron chi connectivity index (χ0n) is 11.4. The minimum Gasteiger partial charge on any atom is -0.394 e. The molecular weight excluding hydrogens is 376 g/mol. The van der Waals surface area contributed by atoms with Gasteiger partial charge in [0.1, 0.15) is 18.3 Å². The average Bonchev–Trinajstić information content (AvgIpc) is 2.48. The summed E-state index contributed by atoms with van der Waals surface area (Å²) in [5, 5.41) is 57.3. The maximum atomic E-state index is 11.6. The number of carbonyl (C=O) groups is 1. The van der Waals surface area contributed by atoms with Gasteiger partial charge in [-0.2, -0.15) is 4.89 Å². The van der Waals surface area contributed by atoms with Crippen LogP contribution in [0.15, 0.2) is 0 Å². The van der Waals surface area contributed by atoms with Crippen molar-refractivity contribution < 1.29 is 54.9 Å². The summed E-state index contributed by atoms with van der Waals surface area (Å²) in [7, 11) is 0. The SMILES string of the molecule is CC(=O)[C@@]1(O)O[C@H](CO)[C@@H](O)[C@H](O)[C@]1(O)OOOOCCBr. The highest BCUT2D eigenvalue weighted by molar-refractivity contribution is 9.09. The normalized spacial score (nSPS) is 39.0. The minimum absolute atomic E-state index is 0.0209. The number of hydrogen-bond donors (Lipinski definition) is 5. The second kappa shape index (κ2) is 8.03. The van der Waals surface area contributed by atoms with Gasteiger partial charge in [0.05, 0.1) is 13.2 Å². The molecule has 11 nitrogen and oxygen atoms in total. The molecule has 0 saturated carbocycles. The number of aliphatic hydroxyl groups excluding tert-OH is 3. The zero-order valence-corrected chi connectivity index (χ0v) is 13.0. The summed E-state index contributed by atoms with van der Waals surface area (Å²) < 4.78 is 4.75. The van der Waals surface area contributed by atoms with Gasteiger partial charge < -0.3 is 30.3 Å². The van der Waals surface area contributed by atoms with E-state index in [0.29, 0.717) is 5.33 Å². The Morgan fingerprint density at radius 1 is 1.32 bits per heavy atom. The first kappa shape index (κ1) is 19.8. The molecule has 22 heavy (non-hydrogen) atoms. The van der Waals surface area contributed by atoms with Crippen LogP contribution in [0.1, 0.15) is 6.92 Å². The molecule has 0 aromatic heterocycles. The van der Waals surface area contributed by atoms with Crippen LogP contribution in [0.25, 0.3) is 0 Å². The molecular formula is C10H17BrO11. The molecule has 0 aliphatic carbocycles. The van der Waals surface area contributed by atoms with E-state index in [2.05, 4.69) is 35.8 Å². The summed E-state index contributed by atoms with van der Waals surface area (Å²) in [6.07, 6.45) is -5.74. The van der Waals surface area contributed by atoms with Crippen molar-refractivity contribution in [3.05, 3.63) is 0 Å². The highest BCUT2D eigenvalue weighted by Gasteiger charge is 2.69. The molecule has 0 radical (unpaired) electrons. The van der Waals surface area contributed by atoms with Gasteiger partial charge in [-0.05, 0) is 10.1 Å². The number of alkyl halides is 1. The molecule has 1 heterocycles. The Labute approximate surface area is 132 Å². The van der Waals surface area contributed by atoms with Crippen molar-refractivity contribution in [1.82, 2.24) is 0 Å². The van der Waals surface area contributed by atoms with Crippen molar-refractivity contribution in [2.45, 2.75) is 36.8 Å². The van der Waals surface area contributed by atoms with Gasteiger partial charge in [0.15, 0.2) is 5.78 Å². The van der Waals surface area contributed by atoms with Gasteiger partial charge in [0.25, 0.3) is 11.6 Å². The van der Waals surface area contributed by atoms with Crippen LogP contribution >= 0.6 is 15.9 Å². The zero-order chi connectivity index (χ0) is 17.0. The molecule has 1 rings (SSSR count). The summed E-state index contributed by atoms with van der Waals surface area (Å²) >= 11 is 3.01. The van der Waals surface area contributed by atoms with E-state index in [0.717, 1.165) is 6.92 Å². The van der Waals surface area contributed by atoms with Gasteiger partial charge in [0, 0.05) is 12.3 Å². The van der Waals surface area contributed by atoms with Crippen LogP contribution < -0.4 is 0 Å². The second-order valence-corrected chi connectivity index (χ2v) is 5.19. The summed E-state index contributed by atoms with van der Waals surface area (Å²) in [4.78, 5) is 20.2. The molecule has 1 aliphatic rings. The Bertz CT molecular complexity index is 382. The Morgan fingerprint density at radius 2 is 1.95 bits per heavy atom. The quantitative estimate of drug-likeness (QED) is 0.0956. The highest BCUT2D eigenvalue weighted by Crippen LogP contribution is 2.38. The van der Waals surface area contributed by atoms with Crippen molar-refractivity contribution in [3.63, 3.8) is 0 Å². The first-order valence-electron chi connectivity index (χ1n) is 6.05. The third-order valence-corrected chi connectivity index (χ3v) is 3.29. The molecule has 5 N–H and O–H groups in total. The summed E-state index contributed by atoms with van der Waals surface area (Å²) in [5.41, 5.74) is 0. The van der Waals surface area contributed by atoms with E-state index >= 15 is 0 Å². The van der Waals surface area contributed by atoms with Gasteiger partial charge in [0.2, 0.25) is 0 Å². The van der Waals surface area contributed by atoms with Crippen molar-refractivity contribution in [2.24, 2.45) is 0 Å². The summed E-state index contributed by atoms with van der Waals surface area (Å²) in [5.74, 6) is -7.58. The van der Waals surface area contributed by atoms with Crippen molar-refractivity contribution in [1.29, 1.82) is 0 Å². The summed E-state index contributed by atoms with van der Waals surface area (Å²) in [6.45, 7) is -0.0159. The van der Waals surface area contributed by atoms with Crippen LogP contribution in [-0.2, 0) is 29.4 Å². The van der Waals surface area contributed by atoms with E-state index in [1.807, 2.05) is 0 Å². The first-order chi connectivity index (χ1) is 10.2. The molecule has 0 amide bonds. The predicted octanol–water partition coefficient (Wildman–Crippen LogP) is -2.73. The summed E-state index contributed by atoms with van der Waals surface area (Å²) in [6, 6.07) is 0. The molecule has 0 aromatic carbocycles.